The molecule has 1 aliphatic rings. The molecule has 0 atom stereocenters. The summed E-state index contributed by atoms with van der Waals surface area (Å²) in [4.78, 5) is 27.2. The Morgan fingerprint density at radius 2 is 1.07 bits per heavy atom. The van der Waals surface area contributed by atoms with Crippen LogP contribution in [0.1, 0.15) is 49.5 Å². The van der Waals surface area contributed by atoms with Crippen molar-refractivity contribution in [2.24, 2.45) is 0 Å². The molecular formula is C28H36ClN11. The molecular weight excluding hydrogens is 526 g/mol. The highest BCUT2D eigenvalue weighted by Crippen LogP contribution is 2.27. The largest absolute Gasteiger partial charge is 1.00 e. The third-order valence-electron chi connectivity index (χ3n) is 7.16. The molecule has 1 fully saturated rings. The molecule has 0 radical (unpaired) electrons. The number of rotatable bonds is 10. The van der Waals surface area contributed by atoms with Crippen LogP contribution in [0.4, 0.5) is 35.2 Å². The summed E-state index contributed by atoms with van der Waals surface area (Å²) in [6, 6.07) is 16.2. The van der Waals surface area contributed by atoms with Gasteiger partial charge in [0.1, 0.15) is 13.1 Å². The van der Waals surface area contributed by atoms with Crippen molar-refractivity contribution in [2.45, 2.75) is 52.6 Å². The smallest absolute Gasteiger partial charge is 0.232 e. The van der Waals surface area contributed by atoms with Crippen molar-refractivity contribution in [3.63, 3.8) is 0 Å². The molecule has 0 bridgehead atoms. The van der Waals surface area contributed by atoms with Gasteiger partial charge in [0.15, 0.2) is 11.6 Å². The maximum absolute atomic E-state index is 6.12. The fraction of sp³-hybridized carbons (Fsp3) is 0.357. The number of nitrogens with zero attached hydrogens (tertiary/aromatic N) is 7. The molecule has 0 aliphatic carbocycles. The van der Waals surface area contributed by atoms with Crippen LogP contribution in [0.2, 0.25) is 0 Å². The van der Waals surface area contributed by atoms with Gasteiger partial charge in [-0.15, -0.1) is 0 Å². The van der Waals surface area contributed by atoms with Gasteiger partial charge in [0.2, 0.25) is 23.8 Å². The molecule has 0 amide bonds. The minimum atomic E-state index is 0. The number of nitrogens with two attached hydrogens (primary N) is 2. The molecule has 5 rings (SSSR count). The van der Waals surface area contributed by atoms with Crippen LogP contribution in [0.5, 0.6) is 0 Å². The van der Waals surface area contributed by atoms with Crippen LogP contribution in [0.3, 0.4) is 0 Å². The summed E-state index contributed by atoms with van der Waals surface area (Å²) in [5.41, 5.74) is 16.5. The Morgan fingerprint density at radius 1 is 0.650 bits per heavy atom. The molecule has 6 N–H and O–H groups in total. The molecule has 210 valence electrons. The number of benzene rings is 2. The quantitative estimate of drug-likeness (QED) is 0.207. The molecule has 11 nitrogen and oxygen atoms in total. The standard InChI is InChI=1S/C28H36N11.ClH/c1-3-19-11-5-7-13-21(19)31-27-35-23(33-25(29)37-27)17-39(15-9-10-16-39)18-24-34-26(30)38-28(36-24)32-22-14-8-6-12-20(22)4-2;/h5-8,11-14H,3-4,9-10,15-18H2,1-2H3,(H3,29,31,33,35,37)(H3,30,32,34,36,38);1H/q+1;/p-1. The molecule has 12 heteroatoms. The van der Waals surface area contributed by atoms with Crippen LogP contribution in [0, 0.1) is 0 Å². The average molecular weight is 562 g/mol. The lowest BCUT2D eigenvalue weighted by Gasteiger charge is -2.33. The highest BCUT2D eigenvalue weighted by molar-refractivity contribution is 5.59. The van der Waals surface area contributed by atoms with Gasteiger partial charge in [-0.05, 0) is 36.1 Å². The Balaban J connectivity index is 0.00000370. The maximum atomic E-state index is 6.12. The van der Waals surface area contributed by atoms with Crippen molar-refractivity contribution < 1.29 is 16.9 Å². The fourth-order valence-electron chi connectivity index (χ4n) is 5.25. The number of likely N-dealkylation sites (tertiary alicyclic amines) is 1. The zero-order valence-corrected chi connectivity index (χ0v) is 23.7. The van der Waals surface area contributed by atoms with E-state index in [1.165, 1.54) is 11.1 Å². The highest BCUT2D eigenvalue weighted by Gasteiger charge is 2.35. The van der Waals surface area contributed by atoms with E-state index in [-0.39, 0.29) is 24.3 Å². The first kappa shape index (κ1) is 28.9. The van der Waals surface area contributed by atoms with Crippen LogP contribution in [-0.4, -0.2) is 47.5 Å². The van der Waals surface area contributed by atoms with E-state index >= 15 is 0 Å². The minimum Gasteiger partial charge on any atom is -1.00 e. The van der Waals surface area contributed by atoms with E-state index in [2.05, 4.69) is 56.5 Å². The van der Waals surface area contributed by atoms with Gasteiger partial charge in [0.05, 0.1) is 13.1 Å². The van der Waals surface area contributed by atoms with Gasteiger partial charge >= 0.3 is 0 Å². The van der Waals surface area contributed by atoms with Crippen molar-refractivity contribution in [1.82, 2.24) is 29.9 Å². The highest BCUT2D eigenvalue weighted by atomic mass is 35.5. The maximum Gasteiger partial charge on any atom is 0.232 e. The molecule has 0 saturated carbocycles. The number of aryl methyl sites for hydroxylation is 2. The third kappa shape index (κ3) is 6.91. The van der Waals surface area contributed by atoms with Gasteiger partial charge in [0, 0.05) is 24.2 Å². The summed E-state index contributed by atoms with van der Waals surface area (Å²) in [7, 11) is 0. The lowest BCUT2D eigenvalue weighted by molar-refractivity contribution is -0.943. The average Bonchev–Trinajstić information content (AvgIpc) is 3.36. The first-order valence-corrected chi connectivity index (χ1v) is 13.5. The van der Waals surface area contributed by atoms with Gasteiger partial charge < -0.3 is 39.0 Å². The van der Waals surface area contributed by atoms with Crippen LogP contribution >= 0.6 is 0 Å². The third-order valence-corrected chi connectivity index (χ3v) is 7.16. The van der Waals surface area contributed by atoms with E-state index in [1.54, 1.807) is 0 Å². The second-order valence-electron chi connectivity index (χ2n) is 9.95. The Labute approximate surface area is 240 Å². The number of nitrogens with one attached hydrogen (secondary N) is 2. The summed E-state index contributed by atoms with van der Waals surface area (Å²) >= 11 is 0. The monoisotopic (exact) mass is 561 g/mol. The van der Waals surface area contributed by atoms with E-state index in [0.717, 1.165) is 50.1 Å². The van der Waals surface area contributed by atoms with Gasteiger partial charge in [-0.2, -0.15) is 29.9 Å². The number of quaternary nitrogens is 1. The van der Waals surface area contributed by atoms with Crippen molar-refractivity contribution in [2.75, 3.05) is 35.2 Å². The van der Waals surface area contributed by atoms with Gasteiger partial charge in [-0.3, -0.25) is 0 Å². The second kappa shape index (κ2) is 12.8. The molecule has 4 aromatic rings. The van der Waals surface area contributed by atoms with E-state index in [9.17, 15) is 0 Å². The predicted octanol–water partition coefficient (Wildman–Crippen LogP) is 1.15. The number of halogens is 1. The SMILES string of the molecule is CCc1ccccc1Nc1nc(N)nc(C[N+]2(Cc3nc(N)nc(Nc4ccccc4CC)n3)CCCC2)n1.[Cl-]. The van der Waals surface area contributed by atoms with E-state index in [0.29, 0.717) is 41.1 Å². The Morgan fingerprint density at radius 3 is 1.50 bits per heavy atom. The number of nitrogen functional groups attached to an aromatic ring is 2. The molecule has 0 spiro atoms. The number of aromatic nitrogens is 6. The zero-order chi connectivity index (χ0) is 27.2. The summed E-state index contributed by atoms with van der Waals surface area (Å²) in [6.07, 6.45) is 4.00. The van der Waals surface area contributed by atoms with Crippen LogP contribution in [-0.2, 0) is 25.9 Å². The van der Waals surface area contributed by atoms with Crippen molar-refractivity contribution in [3.8, 4) is 0 Å². The Hall–Kier alpha value is -4.09. The second-order valence-corrected chi connectivity index (χ2v) is 9.95. The topological polar surface area (TPSA) is 153 Å². The Kier molecular flexibility index (Phi) is 9.28. The van der Waals surface area contributed by atoms with E-state index in [1.807, 2.05) is 36.4 Å². The number of hydrogen-bond acceptors (Lipinski definition) is 10. The van der Waals surface area contributed by atoms with Gasteiger partial charge in [-0.1, -0.05) is 50.2 Å². The van der Waals surface area contributed by atoms with Crippen molar-refractivity contribution in [1.29, 1.82) is 0 Å². The van der Waals surface area contributed by atoms with Crippen LogP contribution in [0.25, 0.3) is 0 Å². The molecule has 2 aromatic carbocycles. The normalized spacial score (nSPS) is 13.9. The number of para-hydroxylation sites is 2. The van der Waals surface area contributed by atoms with Gasteiger partial charge in [-0.25, -0.2) is 0 Å². The zero-order valence-electron chi connectivity index (χ0n) is 22.9. The molecule has 1 saturated heterocycles. The van der Waals surface area contributed by atoms with E-state index < -0.39 is 0 Å². The predicted molar refractivity (Wildman–Crippen MR) is 153 cm³/mol. The first-order chi connectivity index (χ1) is 18.9. The Bertz CT molecular complexity index is 1340. The number of hydrogen-bond donors (Lipinski definition) is 4. The van der Waals surface area contributed by atoms with E-state index in [4.69, 9.17) is 21.4 Å². The lowest BCUT2D eigenvalue weighted by atomic mass is 10.1. The first-order valence-electron chi connectivity index (χ1n) is 13.5. The summed E-state index contributed by atoms with van der Waals surface area (Å²) in [5, 5.41) is 6.66. The molecule has 40 heavy (non-hydrogen) atoms. The minimum absolute atomic E-state index is 0. The molecule has 0 unspecified atom stereocenters. The van der Waals surface area contributed by atoms with Crippen molar-refractivity contribution >= 4 is 35.2 Å². The molecule has 1 aliphatic heterocycles. The fourth-order valence-corrected chi connectivity index (χ4v) is 5.25. The van der Waals surface area contributed by atoms with Crippen LogP contribution < -0.4 is 34.5 Å². The van der Waals surface area contributed by atoms with Crippen molar-refractivity contribution in [3.05, 3.63) is 71.3 Å². The molecule has 2 aromatic heterocycles. The molecule has 3 heterocycles. The van der Waals surface area contributed by atoms with Gasteiger partial charge in [0.25, 0.3) is 0 Å². The summed E-state index contributed by atoms with van der Waals surface area (Å²) in [5.74, 6) is 2.55. The van der Waals surface area contributed by atoms with Crippen LogP contribution in [0.15, 0.2) is 48.5 Å². The number of anilines is 6. The summed E-state index contributed by atoms with van der Waals surface area (Å²) in [6.45, 7) is 7.33. The summed E-state index contributed by atoms with van der Waals surface area (Å²) < 4.78 is 0.711. The lowest BCUT2D eigenvalue weighted by Crippen LogP contribution is -3.00.